The van der Waals surface area contributed by atoms with Crippen molar-refractivity contribution in [2.75, 3.05) is 26.1 Å². The second-order valence-corrected chi connectivity index (χ2v) is 4.92. The molecule has 2 rings (SSSR count). The Labute approximate surface area is 137 Å². The standard InChI is InChI=1S/C16H17F3N2O3/c1-23-12-7-6-10(8-13(12)24-2)11(22)9-20-15-5-3-4-14(21-15)16(17,18)19/h3-8,11,22H,9H2,1-2H3,(H,20,21)/t11-/m0/s1. The first-order valence-corrected chi connectivity index (χ1v) is 7.03. The largest absolute Gasteiger partial charge is 0.493 e. The molecule has 130 valence electrons. The third kappa shape index (κ3) is 4.29. The van der Waals surface area contributed by atoms with Crippen LogP contribution < -0.4 is 14.8 Å². The predicted octanol–water partition coefficient (Wildman–Crippen LogP) is 3.26. The summed E-state index contributed by atoms with van der Waals surface area (Å²) in [5, 5.41) is 12.9. The van der Waals surface area contributed by atoms with Gasteiger partial charge < -0.3 is 19.9 Å². The molecular formula is C16H17F3N2O3. The third-order valence-corrected chi connectivity index (χ3v) is 3.31. The molecule has 1 aromatic heterocycles. The van der Waals surface area contributed by atoms with Crippen molar-refractivity contribution in [3.05, 3.63) is 47.7 Å². The van der Waals surface area contributed by atoms with Gasteiger partial charge in [0, 0.05) is 6.54 Å². The van der Waals surface area contributed by atoms with E-state index in [0.717, 1.165) is 6.07 Å². The molecule has 0 fully saturated rings. The van der Waals surface area contributed by atoms with E-state index in [1.807, 2.05) is 0 Å². The van der Waals surface area contributed by atoms with E-state index in [2.05, 4.69) is 10.3 Å². The first-order chi connectivity index (χ1) is 11.3. The Morgan fingerprint density at radius 2 is 1.83 bits per heavy atom. The van der Waals surface area contributed by atoms with Crippen LogP contribution in [0.15, 0.2) is 36.4 Å². The van der Waals surface area contributed by atoms with Gasteiger partial charge in [-0.25, -0.2) is 4.98 Å². The van der Waals surface area contributed by atoms with Crippen LogP contribution in [-0.2, 0) is 6.18 Å². The fraction of sp³-hybridized carbons (Fsp3) is 0.312. The number of hydrogen-bond acceptors (Lipinski definition) is 5. The van der Waals surface area contributed by atoms with Crippen LogP contribution >= 0.6 is 0 Å². The molecule has 0 saturated carbocycles. The molecule has 0 radical (unpaired) electrons. The Balaban J connectivity index is 2.07. The summed E-state index contributed by atoms with van der Waals surface area (Å²) in [4.78, 5) is 3.48. The highest BCUT2D eigenvalue weighted by atomic mass is 19.4. The van der Waals surface area contributed by atoms with E-state index in [1.54, 1.807) is 18.2 Å². The average Bonchev–Trinajstić information content (AvgIpc) is 2.58. The van der Waals surface area contributed by atoms with E-state index in [-0.39, 0.29) is 12.4 Å². The van der Waals surface area contributed by atoms with Crippen LogP contribution in [-0.4, -0.2) is 30.9 Å². The maximum Gasteiger partial charge on any atom is 0.433 e. The number of nitrogens with one attached hydrogen (secondary N) is 1. The summed E-state index contributed by atoms with van der Waals surface area (Å²) < 4.78 is 48.1. The van der Waals surface area contributed by atoms with Gasteiger partial charge in [-0.3, -0.25) is 0 Å². The Morgan fingerprint density at radius 3 is 2.46 bits per heavy atom. The summed E-state index contributed by atoms with van der Waals surface area (Å²) in [7, 11) is 2.97. The van der Waals surface area contributed by atoms with E-state index in [0.29, 0.717) is 17.1 Å². The van der Waals surface area contributed by atoms with Crippen LogP contribution in [0.1, 0.15) is 17.4 Å². The number of halogens is 3. The van der Waals surface area contributed by atoms with Gasteiger partial charge in [0.25, 0.3) is 0 Å². The normalized spacial score (nSPS) is 12.6. The molecule has 0 bridgehead atoms. The van der Waals surface area contributed by atoms with E-state index in [1.165, 1.54) is 26.4 Å². The van der Waals surface area contributed by atoms with E-state index >= 15 is 0 Å². The zero-order valence-corrected chi connectivity index (χ0v) is 13.1. The number of ether oxygens (including phenoxy) is 2. The zero-order valence-electron chi connectivity index (χ0n) is 13.1. The van der Waals surface area contributed by atoms with Gasteiger partial charge in [0.1, 0.15) is 11.5 Å². The summed E-state index contributed by atoms with van der Waals surface area (Å²) >= 11 is 0. The molecule has 1 heterocycles. The van der Waals surface area contributed by atoms with Crippen LogP contribution in [0.4, 0.5) is 19.0 Å². The summed E-state index contributed by atoms with van der Waals surface area (Å²) in [6.07, 6.45) is -5.47. The number of methoxy groups -OCH3 is 2. The van der Waals surface area contributed by atoms with Crippen LogP contribution in [0.5, 0.6) is 11.5 Å². The first-order valence-electron chi connectivity index (χ1n) is 7.03. The number of anilines is 1. The molecule has 2 aromatic rings. The summed E-state index contributed by atoms with van der Waals surface area (Å²) in [5.74, 6) is 0.997. The first kappa shape index (κ1) is 17.9. The second-order valence-electron chi connectivity index (χ2n) is 4.92. The highest BCUT2D eigenvalue weighted by Crippen LogP contribution is 2.30. The zero-order chi connectivity index (χ0) is 17.7. The number of benzene rings is 1. The van der Waals surface area contributed by atoms with Crippen molar-refractivity contribution in [1.82, 2.24) is 4.98 Å². The monoisotopic (exact) mass is 342 g/mol. The number of pyridine rings is 1. The third-order valence-electron chi connectivity index (χ3n) is 3.31. The number of aliphatic hydroxyl groups excluding tert-OH is 1. The van der Waals surface area contributed by atoms with Crippen LogP contribution in [0.3, 0.4) is 0 Å². The van der Waals surface area contributed by atoms with Gasteiger partial charge in [0.15, 0.2) is 11.5 Å². The van der Waals surface area contributed by atoms with Gasteiger partial charge in [0.05, 0.1) is 20.3 Å². The number of nitrogens with zero attached hydrogens (tertiary/aromatic N) is 1. The number of rotatable bonds is 6. The maximum atomic E-state index is 12.6. The molecule has 0 amide bonds. The minimum absolute atomic E-state index is 0.0101. The SMILES string of the molecule is COc1ccc([C@@H](O)CNc2cccc(C(F)(F)F)n2)cc1OC. The fourth-order valence-electron chi connectivity index (χ4n) is 2.07. The molecule has 0 aliphatic rings. The molecule has 0 spiro atoms. The molecule has 0 aliphatic carbocycles. The van der Waals surface area contributed by atoms with Gasteiger partial charge in [0.2, 0.25) is 0 Å². The summed E-state index contributed by atoms with van der Waals surface area (Å²) in [6.45, 7) is -0.0101. The molecule has 0 aliphatic heterocycles. The Morgan fingerprint density at radius 1 is 1.12 bits per heavy atom. The number of aromatic nitrogens is 1. The summed E-state index contributed by atoms with van der Waals surface area (Å²) in [5.41, 5.74) is -0.458. The minimum Gasteiger partial charge on any atom is -0.493 e. The average molecular weight is 342 g/mol. The van der Waals surface area contributed by atoms with Crippen molar-refractivity contribution in [3.8, 4) is 11.5 Å². The lowest BCUT2D eigenvalue weighted by molar-refractivity contribution is -0.141. The van der Waals surface area contributed by atoms with Crippen molar-refractivity contribution in [2.45, 2.75) is 12.3 Å². The number of aliphatic hydroxyl groups is 1. The van der Waals surface area contributed by atoms with Gasteiger partial charge in [-0.1, -0.05) is 12.1 Å². The Hall–Kier alpha value is -2.48. The molecule has 1 atom stereocenters. The van der Waals surface area contributed by atoms with Gasteiger partial charge in [-0.05, 0) is 29.8 Å². The molecule has 8 heteroatoms. The number of alkyl halides is 3. The maximum absolute atomic E-state index is 12.6. The molecule has 2 N–H and O–H groups in total. The Kier molecular flexibility index (Phi) is 5.50. The van der Waals surface area contributed by atoms with E-state index in [4.69, 9.17) is 9.47 Å². The van der Waals surface area contributed by atoms with E-state index < -0.39 is 18.0 Å². The van der Waals surface area contributed by atoms with Crippen LogP contribution in [0.25, 0.3) is 0 Å². The quantitative estimate of drug-likeness (QED) is 0.844. The molecule has 5 nitrogen and oxygen atoms in total. The van der Waals surface area contributed by atoms with Crippen molar-refractivity contribution in [2.24, 2.45) is 0 Å². The Bertz CT molecular complexity index is 693. The molecule has 0 saturated heterocycles. The minimum atomic E-state index is -4.51. The van der Waals surface area contributed by atoms with Crippen molar-refractivity contribution < 1.29 is 27.8 Å². The van der Waals surface area contributed by atoms with E-state index in [9.17, 15) is 18.3 Å². The van der Waals surface area contributed by atoms with Gasteiger partial charge in [-0.2, -0.15) is 13.2 Å². The van der Waals surface area contributed by atoms with Crippen LogP contribution in [0.2, 0.25) is 0 Å². The topological polar surface area (TPSA) is 63.6 Å². The highest BCUT2D eigenvalue weighted by Gasteiger charge is 2.32. The highest BCUT2D eigenvalue weighted by molar-refractivity contribution is 5.44. The lowest BCUT2D eigenvalue weighted by Crippen LogP contribution is -2.15. The van der Waals surface area contributed by atoms with Crippen LogP contribution in [0, 0.1) is 0 Å². The number of hydrogen-bond donors (Lipinski definition) is 2. The lowest BCUT2D eigenvalue weighted by atomic mass is 10.1. The fourth-order valence-corrected chi connectivity index (χ4v) is 2.07. The second kappa shape index (κ2) is 7.39. The molecule has 24 heavy (non-hydrogen) atoms. The molecule has 0 unspecified atom stereocenters. The molecular weight excluding hydrogens is 325 g/mol. The smallest absolute Gasteiger partial charge is 0.433 e. The van der Waals surface area contributed by atoms with Gasteiger partial charge in [-0.15, -0.1) is 0 Å². The lowest BCUT2D eigenvalue weighted by Gasteiger charge is -2.15. The van der Waals surface area contributed by atoms with Crippen molar-refractivity contribution >= 4 is 5.82 Å². The predicted molar refractivity (Wildman–Crippen MR) is 82.2 cm³/mol. The summed E-state index contributed by atoms with van der Waals surface area (Å²) in [6, 6.07) is 8.42. The van der Waals surface area contributed by atoms with Crippen molar-refractivity contribution in [3.63, 3.8) is 0 Å². The molecule has 1 aromatic carbocycles. The van der Waals surface area contributed by atoms with Gasteiger partial charge >= 0.3 is 6.18 Å². The van der Waals surface area contributed by atoms with Crippen molar-refractivity contribution in [1.29, 1.82) is 0 Å².